The zero-order valence-corrected chi connectivity index (χ0v) is 18.1. The molecule has 1 saturated heterocycles. The predicted molar refractivity (Wildman–Crippen MR) is 110 cm³/mol. The minimum atomic E-state index is -1.33. The minimum Gasteiger partial charge on any atom is -0.481 e. The fraction of sp³-hybridized carbons (Fsp3) is 0.684. The van der Waals surface area contributed by atoms with Gasteiger partial charge in [0.05, 0.1) is 12.5 Å². The van der Waals surface area contributed by atoms with Crippen LogP contribution >= 0.6 is 0 Å². The van der Waals surface area contributed by atoms with E-state index in [9.17, 15) is 33.9 Å². The Labute approximate surface area is 184 Å². The van der Waals surface area contributed by atoms with Crippen LogP contribution in [0.15, 0.2) is 0 Å². The molecule has 13 heteroatoms. The summed E-state index contributed by atoms with van der Waals surface area (Å²) >= 11 is 0. The number of amides is 4. The van der Waals surface area contributed by atoms with E-state index in [1.807, 2.05) is 0 Å². The Morgan fingerprint density at radius 1 is 1.09 bits per heavy atom. The fourth-order valence-corrected chi connectivity index (χ4v) is 3.38. The van der Waals surface area contributed by atoms with Crippen molar-refractivity contribution in [2.75, 3.05) is 6.54 Å². The maximum atomic E-state index is 13.1. The standard InChI is InChI=1S/C19H31N5O8/c1-9(2)15(19(31)32)23-17(29)12-4-3-7-24(12)18(30)11(5-6-14(26)27)22-16(28)10(20)8-13(21)25/h9-12,15H,3-8,20H2,1-2H3,(H2,21,25)(H,22,28)(H,23,29)(H,26,27)(H,31,32). The molecule has 0 aromatic heterocycles. The SMILES string of the molecule is CC(C)C(NC(=O)C1CCCN1C(=O)C(CCC(=O)O)NC(=O)C(N)CC(N)=O)C(=O)O. The summed E-state index contributed by atoms with van der Waals surface area (Å²) in [4.78, 5) is 72.6. The number of nitrogens with two attached hydrogens (primary N) is 2. The molecule has 1 aliphatic heterocycles. The van der Waals surface area contributed by atoms with Crippen LogP contribution in [0.5, 0.6) is 0 Å². The number of carboxylic acids is 2. The third kappa shape index (κ3) is 7.80. The number of aliphatic carboxylic acids is 2. The van der Waals surface area contributed by atoms with Crippen molar-refractivity contribution in [3.05, 3.63) is 0 Å². The Bertz CT molecular complexity index is 756. The Balaban J connectivity index is 2.99. The van der Waals surface area contributed by atoms with Gasteiger partial charge in [0.15, 0.2) is 0 Å². The van der Waals surface area contributed by atoms with Gasteiger partial charge in [0.25, 0.3) is 0 Å². The molecule has 0 radical (unpaired) electrons. The van der Waals surface area contributed by atoms with Crippen molar-refractivity contribution in [3.8, 4) is 0 Å². The average Bonchev–Trinajstić information content (AvgIpc) is 3.17. The number of carboxylic acid groups (broad SMARTS) is 2. The summed E-state index contributed by atoms with van der Waals surface area (Å²) in [6, 6.07) is -4.74. The number of nitrogens with zero attached hydrogens (tertiary/aromatic N) is 1. The van der Waals surface area contributed by atoms with E-state index >= 15 is 0 Å². The lowest BCUT2D eigenvalue weighted by Gasteiger charge is -2.30. The molecule has 0 saturated carbocycles. The van der Waals surface area contributed by atoms with Crippen LogP contribution in [-0.2, 0) is 28.8 Å². The summed E-state index contributed by atoms with van der Waals surface area (Å²) in [5, 5.41) is 23.0. The lowest BCUT2D eigenvalue weighted by molar-refractivity contribution is -0.146. The highest BCUT2D eigenvalue weighted by Crippen LogP contribution is 2.20. The molecule has 0 bridgehead atoms. The van der Waals surface area contributed by atoms with Gasteiger partial charge >= 0.3 is 11.9 Å². The van der Waals surface area contributed by atoms with Gasteiger partial charge in [-0.25, -0.2) is 4.79 Å². The molecule has 1 rings (SSSR count). The normalized spacial score (nSPS) is 18.5. The van der Waals surface area contributed by atoms with E-state index in [-0.39, 0.29) is 19.4 Å². The van der Waals surface area contributed by atoms with Crippen molar-refractivity contribution in [1.29, 1.82) is 0 Å². The Morgan fingerprint density at radius 2 is 1.72 bits per heavy atom. The van der Waals surface area contributed by atoms with Crippen molar-refractivity contribution < 1.29 is 39.0 Å². The molecule has 8 N–H and O–H groups in total. The second-order valence-corrected chi connectivity index (χ2v) is 8.03. The lowest BCUT2D eigenvalue weighted by atomic mass is 10.0. The van der Waals surface area contributed by atoms with Crippen LogP contribution < -0.4 is 22.1 Å². The van der Waals surface area contributed by atoms with Crippen molar-refractivity contribution in [1.82, 2.24) is 15.5 Å². The van der Waals surface area contributed by atoms with Crippen LogP contribution in [0.25, 0.3) is 0 Å². The van der Waals surface area contributed by atoms with Gasteiger partial charge in [-0.15, -0.1) is 0 Å². The summed E-state index contributed by atoms with van der Waals surface area (Å²) in [6.07, 6.45) is -0.433. The van der Waals surface area contributed by atoms with Crippen LogP contribution in [0.2, 0.25) is 0 Å². The Morgan fingerprint density at radius 3 is 2.22 bits per heavy atom. The highest BCUT2D eigenvalue weighted by Gasteiger charge is 2.39. The maximum absolute atomic E-state index is 13.1. The molecule has 0 aromatic carbocycles. The van der Waals surface area contributed by atoms with Crippen LogP contribution in [-0.4, -0.2) is 81.4 Å². The zero-order valence-electron chi connectivity index (χ0n) is 18.1. The molecular formula is C19H31N5O8. The fourth-order valence-electron chi connectivity index (χ4n) is 3.38. The molecule has 1 heterocycles. The molecule has 0 aromatic rings. The predicted octanol–water partition coefficient (Wildman–Crippen LogP) is -2.24. The summed E-state index contributed by atoms with van der Waals surface area (Å²) in [5.41, 5.74) is 10.6. The van der Waals surface area contributed by atoms with Crippen LogP contribution in [0, 0.1) is 5.92 Å². The third-order valence-corrected chi connectivity index (χ3v) is 5.09. The van der Waals surface area contributed by atoms with E-state index in [0.717, 1.165) is 0 Å². The monoisotopic (exact) mass is 457 g/mol. The topological polar surface area (TPSA) is 222 Å². The van der Waals surface area contributed by atoms with E-state index in [1.54, 1.807) is 13.8 Å². The number of carbonyl (C=O) groups excluding carboxylic acids is 4. The summed E-state index contributed by atoms with van der Waals surface area (Å²) in [6.45, 7) is 3.43. The Hall–Kier alpha value is -3.22. The summed E-state index contributed by atoms with van der Waals surface area (Å²) in [7, 11) is 0. The van der Waals surface area contributed by atoms with Crippen molar-refractivity contribution in [2.24, 2.45) is 17.4 Å². The van der Waals surface area contributed by atoms with E-state index in [4.69, 9.17) is 16.6 Å². The van der Waals surface area contributed by atoms with Gasteiger partial charge in [-0.3, -0.25) is 24.0 Å². The maximum Gasteiger partial charge on any atom is 0.326 e. The lowest BCUT2D eigenvalue weighted by Crippen LogP contribution is -2.57. The summed E-state index contributed by atoms with van der Waals surface area (Å²) in [5.74, 6) is -5.83. The van der Waals surface area contributed by atoms with Gasteiger partial charge in [0.1, 0.15) is 18.1 Å². The van der Waals surface area contributed by atoms with Gasteiger partial charge < -0.3 is 37.2 Å². The van der Waals surface area contributed by atoms with E-state index < -0.39 is 78.5 Å². The number of rotatable bonds is 12. The van der Waals surface area contributed by atoms with Crippen molar-refractivity contribution in [2.45, 2.75) is 70.1 Å². The minimum absolute atomic E-state index is 0.170. The number of likely N-dealkylation sites (tertiary alicyclic amines) is 1. The largest absolute Gasteiger partial charge is 0.481 e. The van der Waals surface area contributed by atoms with Crippen molar-refractivity contribution in [3.63, 3.8) is 0 Å². The molecule has 4 amide bonds. The molecule has 1 aliphatic rings. The van der Waals surface area contributed by atoms with Gasteiger partial charge in [0, 0.05) is 13.0 Å². The molecule has 180 valence electrons. The molecule has 32 heavy (non-hydrogen) atoms. The van der Waals surface area contributed by atoms with Gasteiger partial charge in [-0.05, 0) is 25.2 Å². The number of nitrogens with one attached hydrogen (secondary N) is 2. The first-order valence-corrected chi connectivity index (χ1v) is 10.2. The summed E-state index contributed by atoms with van der Waals surface area (Å²) < 4.78 is 0. The number of hydrogen-bond donors (Lipinski definition) is 6. The highest BCUT2D eigenvalue weighted by atomic mass is 16.4. The molecule has 1 fully saturated rings. The number of hydrogen-bond acceptors (Lipinski definition) is 7. The quantitative estimate of drug-likeness (QED) is 0.186. The van der Waals surface area contributed by atoms with Gasteiger partial charge in [0.2, 0.25) is 23.6 Å². The van der Waals surface area contributed by atoms with Crippen LogP contribution in [0.1, 0.15) is 46.0 Å². The number of carbonyl (C=O) groups is 6. The highest BCUT2D eigenvalue weighted by molar-refractivity contribution is 5.95. The van der Waals surface area contributed by atoms with Crippen LogP contribution in [0.4, 0.5) is 0 Å². The van der Waals surface area contributed by atoms with E-state index in [0.29, 0.717) is 6.42 Å². The first kappa shape index (κ1) is 26.8. The number of primary amides is 1. The smallest absolute Gasteiger partial charge is 0.326 e. The first-order valence-electron chi connectivity index (χ1n) is 10.2. The van der Waals surface area contributed by atoms with Crippen LogP contribution in [0.3, 0.4) is 0 Å². The van der Waals surface area contributed by atoms with E-state index in [2.05, 4.69) is 10.6 Å². The average molecular weight is 457 g/mol. The first-order chi connectivity index (χ1) is 14.8. The molecule has 0 spiro atoms. The third-order valence-electron chi connectivity index (χ3n) is 5.09. The van der Waals surface area contributed by atoms with Gasteiger partial charge in [-0.2, -0.15) is 0 Å². The van der Waals surface area contributed by atoms with Gasteiger partial charge in [-0.1, -0.05) is 13.8 Å². The van der Waals surface area contributed by atoms with E-state index in [1.165, 1.54) is 4.90 Å². The van der Waals surface area contributed by atoms with Crippen molar-refractivity contribution >= 4 is 35.6 Å². The molecule has 4 unspecified atom stereocenters. The molecule has 4 atom stereocenters. The zero-order chi connectivity index (χ0) is 24.6. The molecular weight excluding hydrogens is 426 g/mol. The second kappa shape index (κ2) is 12.0. The molecule has 0 aliphatic carbocycles. The molecule has 13 nitrogen and oxygen atoms in total. The second-order valence-electron chi connectivity index (χ2n) is 8.03. The Kier molecular flexibility index (Phi) is 10.0.